The maximum Gasteiger partial charge on any atom is 0.0300 e. The Hall–Kier alpha value is -2.16. The second-order valence-electron chi connectivity index (χ2n) is 12.5. The molecule has 0 amide bonds. The molecule has 0 radical (unpaired) electrons. The van der Waals surface area contributed by atoms with Gasteiger partial charge in [0.2, 0.25) is 0 Å². The van der Waals surface area contributed by atoms with Gasteiger partial charge in [-0.2, -0.15) is 0 Å². The van der Waals surface area contributed by atoms with Gasteiger partial charge in [0.15, 0.2) is 0 Å². The molecule has 1 spiro atoms. The van der Waals surface area contributed by atoms with Crippen LogP contribution >= 0.6 is 31.9 Å². The summed E-state index contributed by atoms with van der Waals surface area (Å²) in [7, 11) is 0. The molecule has 2 aliphatic rings. The average molecular weight is 614 g/mol. The van der Waals surface area contributed by atoms with Gasteiger partial charge in [0, 0.05) is 14.4 Å². The van der Waals surface area contributed by atoms with Gasteiger partial charge < -0.3 is 0 Å². The highest BCUT2D eigenvalue weighted by atomic mass is 79.9. The zero-order valence-corrected chi connectivity index (χ0v) is 25.8. The molecule has 0 saturated carbocycles. The summed E-state index contributed by atoms with van der Waals surface area (Å²) in [6, 6.07) is 26.7. The summed E-state index contributed by atoms with van der Waals surface area (Å²) in [5.41, 5.74) is 14.0. The van der Waals surface area contributed by atoms with Crippen molar-refractivity contribution in [3.05, 3.63) is 115 Å². The summed E-state index contributed by atoms with van der Waals surface area (Å²) < 4.78 is 2.55. The Balaban J connectivity index is 1.72. The van der Waals surface area contributed by atoms with Crippen molar-refractivity contribution < 1.29 is 0 Å². The summed E-state index contributed by atoms with van der Waals surface area (Å²) in [4.78, 5) is 0. The van der Waals surface area contributed by atoms with Crippen LogP contribution in [0.25, 0.3) is 22.3 Å². The van der Waals surface area contributed by atoms with Crippen molar-refractivity contribution in [2.45, 2.75) is 70.6 Å². The lowest BCUT2D eigenvalue weighted by Crippen LogP contribution is -2.27. The highest BCUT2D eigenvalue weighted by Crippen LogP contribution is 2.67. The first-order valence-corrected chi connectivity index (χ1v) is 14.9. The average Bonchev–Trinajstić information content (AvgIpc) is 3.19. The Labute approximate surface area is 238 Å². The number of fused-ring (bicyclic) bond motifs is 4. The van der Waals surface area contributed by atoms with Crippen molar-refractivity contribution >= 4 is 31.9 Å². The molecule has 0 heterocycles. The number of halogens is 2. The van der Waals surface area contributed by atoms with Gasteiger partial charge in [-0.05, 0) is 125 Å². The van der Waals surface area contributed by atoms with Gasteiger partial charge in [-0.15, -0.1) is 0 Å². The lowest BCUT2D eigenvalue weighted by Gasteiger charge is -2.32. The van der Waals surface area contributed by atoms with Crippen LogP contribution in [0.1, 0.15) is 73.9 Å². The van der Waals surface area contributed by atoms with Crippen LogP contribution in [-0.4, -0.2) is 0 Å². The van der Waals surface area contributed by atoms with Gasteiger partial charge in [-0.1, -0.05) is 100 Å². The standard InChI is InChI=1S/C35H34Br2/c1-21-17-25-29(31(36)27(21)23-13-9-7-10-14-23)35(19-33(25,3)4)20-34(5,6)26-18-22(2)28(32(37)30(26)35)24-15-11-8-12-16-24/h7-18H,19-20H2,1-6H3. The van der Waals surface area contributed by atoms with Crippen LogP contribution < -0.4 is 0 Å². The minimum absolute atomic E-state index is 0.0657. The molecule has 0 aliphatic heterocycles. The molecule has 0 N–H and O–H groups in total. The largest absolute Gasteiger partial charge is 0.0622 e. The van der Waals surface area contributed by atoms with Crippen LogP contribution in [0, 0.1) is 13.8 Å². The third kappa shape index (κ3) is 3.58. The summed E-state index contributed by atoms with van der Waals surface area (Å²) in [6.07, 6.45) is 2.22. The highest BCUT2D eigenvalue weighted by molar-refractivity contribution is 9.11. The van der Waals surface area contributed by atoms with E-state index >= 15 is 0 Å². The molecule has 0 bridgehead atoms. The van der Waals surface area contributed by atoms with E-state index in [9.17, 15) is 0 Å². The fourth-order valence-electron chi connectivity index (χ4n) is 7.72. The van der Waals surface area contributed by atoms with Crippen molar-refractivity contribution in [1.29, 1.82) is 0 Å². The van der Waals surface area contributed by atoms with E-state index in [1.54, 1.807) is 0 Å². The van der Waals surface area contributed by atoms with E-state index in [1.807, 2.05) is 0 Å². The highest BCUT2D eigenvalue weighted by Gasteiger charge is 2.58. The number of benzene rings is 4. The molecule has 0 fully saturated rings. The monoisotopic (exact) mass is 612 g/mol. The number of hydrogen-bond donors (Lipinski definition) is 0. The van der Waals surface area contributed by atoms with E-state index in [0.29, 0.717) is 0 Å². The van der Waals surface area contributed by atoms with E-state index in [-0.39, 0.29) is 16.2 Å². The zero-order chi connectivity index (χ0) is 26.3. The summed E-state index contributed by atoms with van der Waals surface area (Å²) in [5, 5.41) is 0. The van der Waals surface area contributed by atoms with Crippen molar-refractivity contribution in [2.24, 2.45) is 0 Å². The van der Waals surface area contributed by atoms with E-state index in [2.05, 4.69) is 146 Å². The normalized spacial score (nSPS) is 18.2. The van der Waals surface area contributed by atoms with Crippen LogP contribution in [0.4, 0.5) is 0 Å². The third-order valence-electron chi connectivity index (χ3n) is 8.95. The number of hydrogen-bond acceptors (Lipinski definition) is 0. The lowest BCUT2D eigenvalue weighted by molar-refractivity contribution is 0.348. The van der Waals surface area contributed by atoms with Crippen molar-refractivity contribution in [1.82, 2.24) is 0 Å². The molecule has 0 unspecified atom stereocenters. The minimum atomic E-state index is -0.0657. The molecular weight excluding hydrogens is 580 g/mol. The molecule has 37 heavy (non-hydrogen) atoms. The topological polar surface area (TPSA) is 0 Å². The second-order valence-corrected chi connectivity index (χ2v) is 14.1. The third-order valence-corrected chi connectivity index (χ3v) is 10.5. The summed E-state index contributed by atoms with van der Waals surface area (Å²) in [5.74, 6) is 0. The van der Waals surface area contributed by atoms with E-state index in [1.165, 1.54) is 64.6 Å². The molecule has 6 rings (SSSR count). The lowest BCUT2D eigenvalue weighted by atomic mass is 9.72. The molecule has 4 aromatic carbocycles. The Morgan fingerprint density at radius 3 is 1.27 bits per heavy atom. The van der Waals surface area contributed by atoms with E-state index in [4.69, 9.17) is 0 Å². The molecule has 2 aliphatic carbocycles. The molecule has 0 aromatic heterocycles. The minimum Gasteiger partial charge on any atom is -0.0622 e. The van der Waals surface area contributed by atoms with Crippen LogP contribution in [0.2, 0.25) is 0 Å². The van der Waals surface area contributed by atoms with Crippen LogP contribution in [-0.2, 0) is 16.2 Å². The van der Waals surface area contributed by atoms with Crippen LogP contribution in [0.15, 0.2) is 81.7 Å². The van der Waals surface area contributed by atoms with Crippen molar-refractivity contribution in [3.63, 3.8) is 0 Å². The molecule has 2 heteroatoms. The van der Waals surface area contributed by atoms with Gasteiger partial charge in [-0.3, -0.25) is 0 Å². The van der Waals surface area contributed by atoms with Gasteiger partial charge in [0.1, 0.15) is 0 Å². The second kappa shape index (κ2) is 8.42. The molecule has 0 nitrogen and oxygen atoms in total. The number of rotatable bonds is 2. The van der Waals surface area contributed by atoms with Gasteiger partial charge in [0.05, 0.1) is 0 Å². The zero-order valence-electron chi connectivity index (χ0n) is 22.6. The molecule has 4 aromatic rings. The predicted molar refractivity (Wildman–Crippen MR) is 165 cm³/mol. The van der Waals surface area contributed by atoms with Crippen LogP contribution in [0.5, 0.6) is 0 Å². The molecular formula is C35H34Br2. The fourth-order valence-corrected chi connectivity index (χ4v) is 9.99. The Morgan fingerprint density at radius 2 is 0.919 bits per heavy atom. The van der Waals surface area contributed by atoms with Crippen molar-refractivity contribution in [3.8, 4) is 22.3 Å². The maximum absolute atomic E-state index is 4.23. The first kappa shape index (κ1) is 25.1. The quantitative estimate of drug-likeness (QED) is 0.211. The van der Waals surface area contributed by atoms with Gasteiger partial charge >= 0.3 is 0 Å². The van der Waals surface area contributed by atoms with Gasteiger partial charge in [-0.25, -0.2) is 0 Å². The SMILES string of the molecule is Cc1cc2c(c(Br)c1-c1ccccc1)C1(CC2(C)C)CC(C)(C)c2cc(C)c(-c3ccccc3)c(Br)c21. The Bertz CT molecular complexity index is 1420. The van der Waals surface area contributed by atoms with Gasteiger partial charge in [0.25, 0.3) is 0 Å². The van der Waals surface area contributed by atoms with E-state index in [0.717, 1.165) is 12.8 Å². The fraction of sp³-hybridized carbons (Fsp3) is 0.314. The Kier molecular flexibility index (Phi) is 5.72. The van der Waals surface area contributed by atoms with Crippen molar-refractivity contribution in [2.75, 3.05) is 0 Å². The summed E-state index contributed by atoms with van der Waals surface area (Å²) >= 11 is 8.47. The van der Waals surface area contributed by atoms with E-state index < -0.39 is 0 Å². The maximum atomic E-state index is 4.23. The first-order chi connectivity index (χ1) is 17.5. The molecule has 188 valence electrons. The smallest absolute Gasteiger partial charge is 0.0300 e. The summed E-state index contributed by atoms with van der Waals surface area (Å²) in [6.45, 7) is 14.3. The predicted octanol–water partition coefficient (Wildman–Crippen LogP) is 10.8. The van der Waals surface area contributed by atoms with Crippen LogP contribution in [0.3, 0.4) is 0 Å². The molecule has 0 atom stereocenters. The Morgan fingerprint density at radius 1 is 0.568 bits per heavy atom. The first-order valence-electron chi connectivity index (χ1n) is 13.3. The number of aryl methyl sites for hydroxylation is 2. The molecule has 0 saturated heterocycles.